The van der Waals surface area contributed by atoms with Crippen molar-refractivity contribution in [2.24, 2.45) is 4.99 Å². The van der Waals surface area contributed by atoms with E-state index in [4.69, 9.17) is 4.74 Å². The molecule has 1 fully saturated rings. The normalized spacial score (nSPS) is 22.7. The highest BCUT2D eigenvalue weighted by atomic mass is 32.2. The maximum atomic E-state index is 10.8. The molecule has 26 heavy (non-hydrogen) atoms. The summed E-state index contributed by atoms with van der Waals surface area (Å²) in [5.41, 5.74) is 1.62. The van der Waals surface area contributed by atoms with Gasteiger partial charge >= 0.3 is 0 Å². The number of thioether (sulfide) groups is 1. The lowest BCUT2D eigenvalue weighted by molar-refractivity contribution is -0.0198. The van der Waals surface area contributed by atoms with Crippen LogP contribution in [0.3, 0.4) is 0 Å². The summed E-state index contributed by atoms with van der Waals surface area (Å²) in [5.74, 6) is 2.66. The maximum absolute atomic E-state index is 10.8. The minimum absolute atomic E-state index is 0.324. The molecule has 0 aliphatic heterocycles. The average Bonchev–Trinajstić information content (AvgIpc) is 2.62. The number of hydrogen-bond acceptors (Lipinski definition) is 4. The molecule has 0 saturated heterocycles. The van der Waals surface area contributed by atoms with E-state index in [1.54, 1.807) is 0 Å². The van der Waals surface area contributed by atoms with Crippen molar-refractivity contribution in [3.8, 4) is 5.75 Å². The highest BCUT2D eigenvalue weighted by molar-refractivity contribution is 8.00. The van der Waals surface area contributed by atoms with Gasteiger partial charge in [0.2, 0.25) is 0 Å². The smallest absolute Gasteiger partial charge is 0.191 e. The van der Waals surface area contributed by atoms with E-state index < -0.39 is 5.60 Å². The molecule has 0 aromatic heterocycles. The molecule has 0 bridgehead atoms. The Morgan fingerprint density at radius 3 is 2.77 bits per heavy atom. The zero-order valence-corrected chi connectivity index (χ0v) is 17.3. The van der Waals surface area contributed by atoms with Gasteiger partial charge in [0.05, 0.1) is 18.8 Å². The van der Waals surface area contributed by atoms with Crippen molar-refractivity contribution in [3.05, 3.63) is 29.3 Å². The van der Waals surface area contributed by atoms with E-state index in [2.05, 4.69) is 47.7 Å². The molecule has 1 saturated carbocycles. The van der Waals surface area contributed by atoms with Gasteiger partial charge in [0.1, 0.15) is 5.75 Å². The second-order valence-corrected chi connectivity index (χ2v) is 8.16. The van der Waals surface area contributed by atoms with Gasteiger partial charge in [-0.05, 0) is 51.0 Å². The third-order valence-electron chi connectivity index (χ3n) is 4.64. The minimum atomic E-state index is -0.628. The summed E-state index contributed by atoms with van der Waals surface area (Å²) in [6.07, 6.45) is 1.94. The van der Waals surface area contributed by atoms with E-state index in [0.29, 0.717) is 24.9 Å². The number of nitrogens with zero attached hydrogens (tertiary/aromatic N) is 1. The van der Waals surface area contributed by atoms with Crippen LogP contribution in [0.2, 0.25) is 0 Å². The Hall–Kier alpha value is -1.40. The highest BCUT2D eigenvalue weighted by Crippen LogP contribution is 2.40. The fourth-order valence-corrected chi connectivity index (χ4v) is 4.26. The van der Waals surface area contributed by atoms with Gasteiger partial charge in [-0.1, -0.05) is 19.1 Å². The van der Waals surface area contributed by atoms with E-state index in [9.17, 15) is 5.11 Å². The number of ether oxygens (including phenoxy) is 1. The first-order valence-electron chi connectivity index (χ1n) is 9.60. The summed E-state index contributed by atoms with van der Waals surface area (Å²) >= 11 is 1.84. The number of aliphatic imine (C=N–C) groups is 1. The molecule has 146 valence electrons. The molecular formula is C20H33N3O2S. The first kappa shape index (κ1) is 20.9. The number of rotatable bonds is 9. The highest BCUT2D eigenvalue weighted by Gasteiger charge is 2.45. The molecule has 0 spiro atoms. The molecule has 2 unspecified atom stereocenters. The molecule has 1 aliphatic carbocycles. The van der Waals surface area contributed by atoms with Gasteiger partial charge in [-0.2, -0.15) is 11.8 Å². The van der Waals surface area contributed by atoms with Gasteiger partial charge in [0.25, 0.3) is 0 Å². The first-order chi connectivity index (χ1) is 12.5. The fourth-order valence-electron chi connectivity index (χ4n) is 3.06. The number of hydrogen-bond donors (Lipinski definition) is 3. The molecule has 2 atom stereocenters. The van der Waals surface area contributed by atoms with Crippen LogP contribution < -0.4 is 15.4 Å². The van der Waals surface area contributed by atoms with Gasteiger partial charge in [0.15, 0.2) is 5.96 Å². The number of nitrogens with one attached hydrogen (secondary N) is 2. The zero-order valence-electron chi connectivity index (χ0n) is 16.5. The van der Waals surface area contributed by atoms with Gasteiger partial charge < -0.3 is 20.5 Å². The Kier molecular flexibility index (Phi) is 8.10. The second kappa shape index (κ2) is 10.1. The third kappa shape index (κ3) is 5.55. The summed E-state index contributed by atoms with van der Waals surface area (Å²) in [5, 5.41) is 17.7. The molecule has 6 heteroatoms. The van der Waals surface area contributed by atoms with Crippen LogP contribution in [-0.2, 0) is 6.54 Å². The van der Waals surface area contributed by atoms with Crippen LogP contribution in [0.5, 0.6) is 5.75 Å². The standard InChI is InChI=1S/C20H33N3O2S/c1-5-21-19(23-14-20(24)11-10-18(20)26-7-3)22-13-16-9-8-15(4)12-17(16)25-6-2/h8-9,12,18,24H,5-7,10-11,13-14H2,1-4H3,(H2,21,22,23). The molecule has 3 N–H and O–H groups in total. The van der Waals surface area contributed by atoms with Crippen molar-refractivity contribution < 1.29 is 9.84 Å². The van der Waals surface area contributed by atoms with Gasteiger partial charge in [0, 0.05) is 23.9 Å². The Bertz CT molecular complexity index is 609. The maximum Gasteiger partial charge on any atom is 0.191 e. The number of aliphatic hydroxyl groups is 1. The van der Waals surface area contributed by atoms with E-state index in [-0.39, 0.29) is 0 Å². The quantitative estimate of drug-likeness (QED) is 0.454. The molecule has 0 radical (unpaired) electrons. The van der Waals surface area contributed by atoms with Crippen LogP contribution in [0.15, 0.2) is 23.2 Å². The summed E-state index contributed by atoms with van der Waals surface area (Å²) < 4.78 is 5.74. The van der Waals surface area contributed by atoms with E-state index >= 15 is 0 Å². The second-order valence-electron chi connectivity index (χ2n) is 6.68. The monoisotopic (exact) mass is 379 g/mol. The molecule has 1 aromatic carbocycles. The minimum Gasteiger partial charge on any atom is -0.494 e. The van der Waals surface area contributed by atoms with Gasteiger partial charge in [-0.15, -0.1) is 0 Å². The predicted molar refractivity (Wildman–Crippen MR) is 111 cm³/mol. The predicted octanol–water partition coefficient (Wildman–Crippen LogP) is 3.10. The van der Waals surface area contributed by atoms with Crippen LogP contribution in [-0.4, -0.2) is 47.4 Å². The van der Waals surface area contributed by atoms with Crippen molar-refractivity contribution in [3.63, 3.8) is 0 Å². The van der Waals surface area contributed by atoms with Gasteiger partial charge in [-0.3, -0.25) is 0 Å². The molecular weight excluding hydrogens is 346 g/mol. The average molecular weight is 380 g/mol. The van der Waals surface area contributed by atoms with Crippen LogP contribution in [0.4, 0.5) is 0 Å². The van der Waals surface area contributed by atoms with E-state index in [1.807, 2.05) is 25.6 Å². The lowest BCUT2D eigenvalue weighted by Gasteiger charge is -2.45. The largest absolute Gasteiger partial charge is 0.494 e. The first-order valence-corrected chi connectivity index (χ1v) is 10.7. The van der Waals surface area contributed by atoms with Crippen LogP contribution >= 0.6 is 11.8 Å². The lowest BCUT2D eigenvalue weighted by Crippen LogP contribution is -2.58. The Morgan fingerprint density at radius 1 is 1.35 bits per heavy atom. The number of aryl methyl sites for hydroxylation is 1. The summed E-state index contributed by atoms with van der Waals surface area (Å²) in [6, 6.07) is 6.20. The molecule has 1 aromatic rings. The number of guanidine groups is 1. The third-order valence-corrected chi connectivity index (χ3v) is 6.05. The molecule has 2 rings (SSSR count). The van der Waals surface area contributed by atoms with Crippen molar-refractivity contribution in [1.82, 2.24) is 10.6 Å². The Morgan fingerprint density at radius 2 is 2.15 bits per heavy atom. The number of benzene rings is 1. The lowest BCUT2D eigenvalue weighted by atomic mass is 9.79. The van der Waals surface area contributed by atoms with Crippen molar-refractivity contribution in [1.29, 1.82) is 0 Å². The zero-order chi connectivity index (χ0) is 19.0. The van der Waals surface area contributed by atoms with Crippen molar-refractivity contribution >= 4 is 17.7 Å². The molecule has 1 aliphatic rings. The topological polar surface area (TPSA) is 65.9 Å². The van der Waals surface area contributed by atoms with Crippen LogP contribution in [0.25, 0.3) is 0 Å². The molecule has 0 heterocycles. The summed E-state index contributed by atoms with van der Waals surface area (Å²) in [7, 11) is 0. The van der Waals surface area contributed by atoms with Gasteiger partial charge in [-0.25, -0.2) is 4.99 Å². The van der Waals surface area contributed by atoms with Crippen molar-refractivity contribution in [2.75, 3.05) is 25.4 Å². The SMILES string of the molecule is CCNC(=NCc1ccc(C)cc1OCC)NCC1(O)CCC1SCC. The van der Waals surface area contributed by atoms with E-state index in [0.717, 1.165) is 42.4 Å². The summed E-state index contributed by atoms with van der Waals surface area (Å²) in [6.45, 7) is 10.7. The summed E-state index contributed by atoms with van der Waals surface area (Å²) in [4.78, 5) is 4.69. The van der Waals surface area contributed by atoms with Crippen molar-refractivity contribution in [2.45, 2.75) is 57.9 Å². The van der Waals surface area contributed by atoms with Crippen LogP contribution in [0, 0.1) is 6.92 Å². The van der Waals surface area contributed by atoms with Crippen LogP contribution in [0.1, 0.15) is 44.7 Å². The Balaban J connectivity index is 2.01. The van der Waals surface area contributed by atoms with E-state index in [1.165, 1.54) is 5.56 Å². The Labute approximate surface area is 162 Å². The molecule has 5 nitrogen and oxygen atoms in total. The fraction of sp³-hybridized carbons (Fsp3) is 0.650. The molecule has 0 amide bonds.